The highest BCUT2D eigenvalue weighted by Gasteiger charge is 2.40. The number of rotatable bonds is 7. The van der Waals surface area contributed by atoms with Gasteiger partial charge in [0.2, 0.25) is 0 Å². The summed E-state index contributed by atoms with van der Waals surface area (Å²) in [6, 6.07) is 13.2. The van der Waals surface area contributed by atoms with Crippen LogP contribution in [0.1, 0.15) is 63.0 Å². The van der Waals surface area contributed by atoms with E-state index in [1.165, 1.54) is 30.9 Å². The molecule has 0 unspecified atom stereocenters. The Kier molecular flexibility index (Phi) is 7.74. The molecule has 1 aliphatic rings. The third-order valence-corrected chi connectivity index (χ3v) is 6.12. The summed E-state index contributed by atoms with van der Waals surface area (Å²) in [6.45, 7) is 2.18. The normalized spacial score (nSPS) is 20.0. The number of halogens is 4. The fraction of sp³-hybridized carbons (Fsp3) is 0.462. The van der Waals surface area contributed by atoms with Crippen LogP contribution in [-0.2, 0) is 6.42 Å². The zero-order chi connectivity index (χ0) is 21.6. The van der Waals surface area contributed by atoms with Gasteiger partial charge in [-0.05, 0) is 67.2 Å². The number of benzene rings is 2. The fourth-order valence-electron chi connectivity index (χ4n) is 4.19. The number of hydrogen-bond donors (Lipinski definition) is 0. The van der Waals surface area contributed by atoms with Gasteiger partial charge < -0.3 is 0 Å². The molecule has 2 aromatic carbocycles. The molecular formula is C26H30F4. The van der Waals surface area contributed by atoms with Crippen LogP contribution < -0.4 is 0 Å². The van der Waals surface area contributed by atoms with Crippen molar-refractivity contribution in [3.8, 4) is 11.1 Å². The average molecular weight is 419 g/mol. The highest BCUT2D eigenvalue weighted by Crippen LogP contribution is 2.40. The third kappa shape index (κ3) is 6.20. The Labute approximate surface area is 177 Å². The van der Waals surface area contributed by atoms with Crippen LogP contribution in [0.25, 0.3) is 17.2 Å². The van der Waals surface area contributed by atoms with Crippen LogP contribution >= 0.6 is 0 Å². The summed E-state index contributed by atoms with van der Waals surface area (Å²) in [4.78, 5) is 0. The molecule has 1 fully saturated rings. The maximum absolute atomic E-state index is 14.7. The van der Waals surface area contributed by atoms with Crippen LogP contribution in [0, 0.1) is 17.7 Å². The summed E-state index contributed by atoms with van der Waals surface area (Å²) < 4.78 is 53.0. The minimum Gasteiger partial charge on any atom is -0.206 e. The molecule has 0 bridgehead atoms. The highest BCUT2D eigenvalue weighted by atomic mass is 19.4. The SMILES string of the molecule is CCCCCc1ccc(-c2ccc(/C=C/[C@H]3CC[C@H](C(F)(F)F)CC3)cc2F)cc1. The van der Waals surface area contributed by atoms with Crippen molar-refractivity contribution in [1.29, 1.82) is 0 Å². The molecule has 0 nitrogen and oxygen atoms in total. The Balaban J connectivity index is 1.59. The topological polar surface area (TPSA) is 0 Å². The Morgan fingerprint density at radius 2 is 1.63 bits per heavy atom. The van der Waals surface area contributed by atoms with Gasteiger partial charge >= 0.3 is 6.18 Å². The first-order valence-corrected chi connectivity index (χ1v) is 11.0. The molecule has 0 aliphatic heterocycles. The summed E-state index contributed by atoms with van der Waals surface area (Å²) in [5.41, 5.74) is 3.43. The zero-order valence-electron chi connectivity index (χ0n) is 17.5. The number of hydrogen-bond acceptors (Lipinski definition) is 0. The smallest absolute Gasteiger partial charge is 0.206 e. The van der Waals surface area contributed by atoms with E-state index >= 15 is 0 Å². The monoisotopic (exact) mass is 418 g/mol. The van der Waals surface area contributed by atoms with Gasteiger partial charge in [-0.25, -0.2) is 4.39 Å². The molecule has 0 radical (unpaired) electrons. The van der Waals surface area contributed by atoms with Gasteiger partial charge in [0.15, 0.2) is 0 Å². The zero-order valence-corrected chi connectivity index (χ0v) is 17.5. The largest absolute Gasteiger partial charge is 0.391 e. The Morgan fingerprint density at radius 1 is 0.933 bits per heavy atom. The summed E-state index contributed by atoms with van der Waals surface area (Å²) >= 11 is 0. The van der Waals surface area contributed by atoms with E-state index in [9.17, 15) is 17.6 Å². The first-order valence-electron chi connectivity index (χ1n) is 11.0. The summed E-state index contributed by atoms with van der Waals surface area (Å²) in [5.74, 6) is -1.32. The van der Waals surface area contributed by atoms with Crippen molar-refractivity contribution in [2.75, 3.05) is 0 Å². The van der Waals surface area contributed by atoms with Crippen molar-refractivity contribution < 1.29 is 17.6 Å². The Hall–Kier alpha value is -2.10. The molecule has 0 N–H and O–H groups in total. The molecule has 3 rings (SSSR count). The Bertz CT molecular complexity index is 825. The molecule has 0 heterocycles. The van der Waals surface area contributed by atoms with Crippen LogP contribution in [0.2, 0.25) is 0 Å². The molecule has 0 spiro atoms. The van der Waals surface area contributed by atoms with E-state index in [0.29, 0.717) is 18.4 Å². The Morgan fingerprint density at radius 3 is 2.23 bits per heavy atom. The van der Waals surface area contributed by atoms with Gasteiger partial charge in [0.05, 0.1) is 5.92 Å². The van der Waals surface area contributed by atoms with E-state index in [-0.39, 0.29) is 24.6 Å². The highest BCUT2D eigenvalue weighted by molar-refractivity contribution is 5.66. The van der Waals surface area contributed by atoms with Crippen molar-refractivity contribution in [2.24, 2.45) is 11.8 Å². The first kappa shape index (κ1) is 22.6. The van der Waals surface area contributed by atoms with E-state index < -0.39 is 12.1 Å². The van der Waals surface area contributed by atoms with Gasteiger partial charge in [-0.2, -0.15) is 13.2 Å². The van der Waals surface area contributed by atoms with Crippen LogP contribution in [0.4, 0.5) is 17.6 Å². The third-order valence-electron chi connectivity index (χ3n) is 6.12. The second-order valence-electron chi connectivity index (χ2n) is 8.41. The van der Waals surface area contributed by atoms with Gasteiger partial charge in [0.25, 0.3) is 0 Å². The second-order valence-corrected chi connectivity index (χ2v) is 8.41. The molecular weight excluding hydrogens is 388 g/mol. The molecule has 30 heavy (non-hydrogen) atoms. The van der Waals surface area contributed by atoms with Crippen molar-refractivity contribution in [3.63, 3.8) is 0 Å². The van der Waals surface area contributed by atoms with Crippen molar-refractivity contribution in [2.45, 2.75) is 64.5 Å². The lowest BCUT2D eigenvalue weighted by atomic mass is 9.81. The van der Waals surface area contributed by atoms with Gasteiger partial charge in [0.1, 0.15) is 5.82 Å². The summed E-state index contributed by atoms with van der Waals surface area (Å²) in [7, 11) is 0. The van der Waals surface area contributed by atoms with Crippen LogP contribution in [-0.4, -0.2) is 6.18 Å². The predicted molar refractivity (Wildman–Crippen MR) is 116 cm³/mol. The number of alkyl halides is 3. The molecule has 4 heteroatoms. The van der Waals surface area contributed by atoms with E-state index in [2.05, 4.69) is 19.1 Å². The van der Waals surface area contributed by atoms with E-state index in [0.717, 1.165) is 17.5 Å². The molecule has 0 aromatic heterocycles. The van der Waals surface area contributed by atoms with E-state index in [1.807, 2.05) is 30.4 Å². The van der Waals surface area contributed by atoms with E-state index in [1.54, 1.807) is 6.07 Å². The fourth-order valence-corrected chi connectivity index (χ4v) is 4.19. The quantitative estimate of drug-likeness (QED) is 0.312. The lowest BCUT2D eigenvalue weighted by molar-refractivity contribution is -0.183. The average Bonchev–Trinajstić information content (AvgIpc) is 2.73. The van der Waals surface area contributed by atoms with Crippen LogP contribution in [0.5, 0.6) is 0 Å². The molecule has 0 amide bonds. The molecule has 1 saturated carbocycles. The summed E-state index contributed by atoms with van der Waals surface area (Å²) in [5, 5.41) is 0. The first-order chi connectivity index (χ1) is 14.4. The van der Waals surface area contributed by atoms with Gasteiger partial charge in [-0.3, -0.25) is 0 Å². The van der Waals surface area contributed by atoms with Gasteiger partial charge in [-0.15, -0.1) is 0 Å². The number of allylic oxidation sites excluding steroid dienone is 1. The van der Waals surface area contributed by atoms with E-state index in [4.69, 9.17) is 0 Å². The maximum atomic E-state index is 14.7. The molecule has 1 aliphatic carbocycles. The lowest BCUT2D eigenvalue weighted by Crippen LogP contribution is -2.27. The summed E-state index contributed by atoms with van der Waals surface area (Å²) in [6.07, 6.45) is 5.75. The minimum atomic E-state index is -4.08. The molecule has 0 atom stereocenters. The number of unbranched alkanes of at least 4 members (excludes halogenated alkanes) is 2. The van der Waals surface area contributed by atoms with Crippen molar-refractivity contribution in [3.05, 3.63) is 65.5 Å². The van der Waals surface area contributed by atoms with Crippen LogP contribution in [0.15, 0.2) is 48.5 Å². The minimum absolute atomic E-state index is 0.131. The van der Waals surface area contributed by atoms with Crippen LogP contribution in [0.3, 0.4) is 0 Å². The molecule has 0 saturated heterocycles. The second kappa shape index (κ2) is 10.3. The van der Waals surface area contributed by atoms with Gasteiger partial charge in [-0.1, -0.05) is 68.3 Å². The molecule has 2 aromatic rings. The lowest BCUT2D eigenvalue weighted by Gasteiger charge is -2.28. The standard InChI is InChI=1S/C26H30F4/c1-2-3-4-5-19-8-13-22(14-9-19)24-17-12-21(18-25(24)27)7-6-20-10-15-23(16-11-20)26(28,29)30/h6-9,12-14,17-18,20,23H,2-5,10-11,15-16H2,1H3/b7-6+/t20-,23-. The predicted octanol–water partition coefficient (Wildman–Crippen LogP) is 8.61. The van der Waals surface area contributed by atoms with Crippen molar-refractivity contribution in [1.82, 2.24) is 0 Å². The number of aryl methyl sites for hydroxylation is 1. The van der Waals surface area contributed by atoms with Crippen molar-refractivity contribution >= 4 is 6.08 Å². The maximum Gasteiger partial charge on any atom is 0.391 e. The molecule has 162 valence electrons. The van der Waals surface area contributed by atoms with Gasteiger partial charge in [0, 0.05) is 5.56 Å².